The summed E-state index contributed by atoms with van der Waals surface area (Å²) in [5.74, 6) is -0.0562. The minimum absolute atomic E-state index is 0.259. The molecule has 0 bridgehead atoms. The summed E-state index contributed by atoms with van der Waals surface area (Å²) in [5, 5.41) is 11.3. The quantitative estimate of drug-likeness (QED) is 0.794. The van der Waals surface area contributed by atoms with E-state index in [0.717, 1.165) is 7.12 Å². The van der Waals surface area contributed by atoms with Crippen LogP contribution in [0.1, 0.15) is 5.69 Å². The van der Waals surface area contributed by atoms with Gasteiger partial charge in [-0.05, 0) is 19.1 Å². The molecule has 88 valence electrons. The topological polar surface area (TPSA) is 46.3 Å². The zero-order chi connectivity index (χ0) is 12.8. The van der Waals surface area contributed by atoms with Crippen LogP contribution >= 0.6 is 11.6 Å². The molecule has 6 heteroatoms. The van der Waals surface area contributed by atoms with Gasteiger partial charge in [0, 0.05) is 6.07 Å². The molecule has 2 rings (SSSR count). The first-order valence-electron chi connectivity index (χ1n) is 4.73. The monoisotopic (exact) mass is 253 g/mol. The summed E-state index contributed by atoms with van der Waals surface area (Å²) in [4.78, 5) is 0. The van der Waals surface area contributed by atoms with Crippen molar-refractivity contribution in [2.75, 3.05) is 0 Å². The predicted octanol–water partition coefficient (Wildman–Crippen LogP) is 2.47. The van der Waals surface area contributed by atoms with Crippen LogP contribution in [-0.4, -0.2) is 23.8 Å². The molecule has 0 fully saturated rings. The number of hydrogen-bond donors (Lipinski definition) is 1. The first-order valence-corrected chi connectivity index (χ1v) is 5.10. The van der Waals surface area contributed by atoms with E-state index < -0.39 is 5.82 Å². The van der Waals surface area contributed by atoms with Gasteiger partial charge in [-0.1, -0.05) is 22.8 Å². The van der Waals surface area contributed by atoms with Crippen LogP contribution in [0.5, 0.6) is 0 Å². The smallest absolute Gasteiger partial charge is 0.171 e. The Balaban J connectivity index is 0.000000437. The molecule has 1 heterocycles. The Hall–Kier alpha value is -1.62. The molecule has 0 aliphatic heterocycles. The third-order valence-corrected chi connectivity index (χ3v) is 2.15. The number of aromatic nitrogens is 1. The van der Waals surface area contributed by atoms with Gasteiger partial charge in [0.05, 0.1) is 16.3 Å². The zero-order valence-electron chi connectivity index (χ0n) is 9.15. The minimum atomic E-state index is -0.409. The summed E-state index contributed by atoms with van der Waals surface area (Å²) in [5.41, 5.74) is 0.953. The van der Waals surface area contributed by atoms with Gasteiger partial charge >= 0.3 is 18.6 Å². The maximum Gasteiger partial charge on any atom is 0.171 e. The Bertz CT molecular complexity index is 496. The molecule has 1 aromatic heterocycles. The first kappa shape index (κ1) is 13.4. The minimum Gasteiger partial charge on any atom is -0.356 e. The van der Waals surface area contributed by atoms with Gasteiger partial charge in [0.25, 0.3) is 0 Å². The van der Waals surface area contributed by atoms with Crippen LogP contribution < -0.4 is 0 Å². The number of rotatable bonds is 1. The van der Waals surface area contributed by atoms with Crippen molar-refractivity contribution in [3.63, 3.8) is 0 Å². The Morgan fingerprint density at radius 2 is 2.18 bits per heavy atom. The van der Waals surface area contributed by atoms with Crippen molar-refractivity contribution in [2.45, 2.75) is 6.92 Å². The molecular formula is C11H10BClFNO2. The summed E-state index contributed by atoms with van der Waals surface area (Å²) in [6, 6.07) is 6.13. The van der Waals surface area contributed by atoms with Crippen LogP contribution in [0.25, 0.3) is 11.3 Å². The SMILES string of the molecule is C=BO.Cc1cc(-c2c(F)cccc2Cl)on1. The van der Waals surface area contributed by atoms with E-state index in [1.807, 2.05) is 0 Å². The fraction of sp³-hybridized carbons (Fsp3) is 0.0909. The molecule has 2 aromatic rings. The number of aryl methyl sites for hydroxylation is 1. The molecule has 0 spiro atoms. The molecule has 0 saturated carbocycles. The average molecular weight is 253 g/mol. The molecule has 3 nitrogen and oxygen atoms in total. The third kappa shape index (κ3) is 3.42. The molecule has 1 aromatic carbocycles. The Kier molecular flexibility index (Phi) is 4.91. The fourth-order valence-corrected chi connectivity index (χ4v) is 1.47. The predicted molar refractivity (Wildman–Crippen MR) is 66.7 cm³/mol. The normalized spacial score (nSPS) is 9.12. The van der Waals surface area contributed by atoms with Crippen molar-refractivity contribution in [1.29, 1.82) is 0 Å². The average Bonchev–Trinajstić information content (AvgIpc) is 2.66. The molecule has 17 heavy (non-hydrogen) atoms. The van der Waals surface area contributed by atoms with Crippen LogP contribution in [-0.2, 0) is 0 Å². The molecule has 0 aliphatic rings. The van der Waals surface area contributed by atoms with Gasteiger partial charge in [0.15, 0.2) is 5.76 Å². The number of hydrogen-bond acceptors (Lipinski definition) is 3. The van der Waals surface area contributed by atoms with E-state index in [-0.39, 0.29) is 5.56 Å². The number of benzene rings is 1. The maximum atomic E-state index is 13.4. The van der Waals surface area contributed by atoms with Crippen molar-refractivity contribution >= 4 is 25.2 Å². The van der Waals surface area contributed by atoms with Crippen molar-refractivity contribution < 1.29 is 13.9 Å². The van der Waals surface area contributed by atoms with E-state index in [2.05, 4.69) is 11.6 Å². The largest absolute Gasteiger partial charge is 0.356 e. The Morgan fingerprint density at radius 3 is 2.65 bits per heavy atom. The summed E-state index contributed by atoms with van der Waals surface area (Å²) in [6.45, 7) is 4.68. The summed E-state index contributed by atoms with van der Waals surface area (Å²) in [7, 11) is 0.750. The molecule has 0 radical (unpaired) electrons. The maximum absolute atomic E-state index is 13.4. The van der Waals surface area contributed by atoms with Gasteiger partial charge in [-0.25, -0.2) is 4.39 Å². The molecule has 0 amide bonds. The van der Waals surface area contributed by atoms with Crippen molar-refractivity contribution in [3.05, 3.63) is 40.8 Å². The second-order valence-electron chi connectivity index (χ2n) is 3.11. The van der Waals surface area contributed by atoms with E-state index in [4.69, 9.17) is 21.1 Å². The van der Waals surface area contributed by atoms with Crippen molar-refractivity contribution in [2.24, 2.45) is 0 Å². The van der Waals surface area contributed by atoms with Crippen molar-refractivity contribution in [3.8, 4) is 11.3 Å². The van der Waals surface area contributed by atoms with Gasteiger partial charge in [-0.3, -0.25) is 0 Å². The van der Waals surface area contributed by atoms with Crippen LogP contribution in [0.4, 0.5) is 4.39 Å². The van der Waals surface area contributed by atoms with Gasteiger partial charge < -0.3 is 4.52 Å². The zero-order valence-corrected chi connectivity index (χ0v) is 9.91. The third-order valence-electron chi connectivity index (χ3n) is 1.84. The van der Waals surface area contributed by atoms with Crippen LogP contribution in [0.2, 0.25) is 5.02 Å². The second kappa shape index (κ2) is 6.20. The summed E-state index contributed by atoms with van der Waals surface area (Å²) >= 11 is 5.85. The van der Waals surface area contributed by atoms with E-state index in [9.17, 15) is 4.39 Å². The first-order chi connectivity index (χ1) is 8.10. The Labute approximate surface area is 104 Å². The van der Waals surface area contributed by atoms with Gasteiger partial charge in [0.2, 0.25) is 0 Å². The fourth-order valence-electron chi connectivity index (χ4n) is 1.21. The second-order valence-corrected chi connectivity index (χ2v) is 3.52. The number of halogens is 2. The van der Waals surface area contributed by atoms with E-state index >= 15 is 0 Å². The van der Waals surface area contributed by atoms with Crippen LogP contribution in [0.3, 0.4) is 0 Å². The van der Waals surface area contributed by atoms with Gasteiger partial charge in [-0.15, -0.1) is 0 Å². The Morgan fingerprint density at radius 1 is 1.53 bits per heavy atom. The summed E-state index contributed by atoms with van der Waals surface area (Å²) in [6.07, 6.45) is 0. The summed E-state index contributed by atoms with van der Waals surface area (Å²) < 4.78 is 18.3. The molecular weight excluding hydrogens is 243 g/mol. The van der Waals surface area contributed by atoms with E-state index in [0.29, 0.717) is 16.5 Å². The number of nitrogens with zero attached hydrogens (tertiary/aromatic N) is 1. The molecule has 0 aliphatic carbocycles. The van der Waals surface area contributed by atoms with Crippen LogP contribution in [0, 0.1) is 12.7 Å². The molecule has 0 saturated heterocycles. The van der Waals surface area contributed by atoms with Gasteiger partial charge in [-0.2, -0.15) is 0 Å². The van der Waals surface area contributed by atoms with Crippen molar-refractivity contribution in [1.82, 2.24) is 5.16 Å². The molecule has 0 unspecified atom stereocenters. The molecule has 0 atom stereocenters. The van der Waals surface area contributed by atoms with Gasteiger partial charge in [0.1, 0.15) is 5.82 Å². The van der Waals surface area contributed by atoms with E-state index in [1.54, 1.807) is 25.1 Å². The standard InChI is InChI=1S/C10H7ClFNO.CH3BO/c1-6-5-9(14-13-6)10-7(11)3-2-4-8(10)12;1-2-3/h2-5H,1H3;3H,1H2. The van der Waals surface area contributed by atoms with Crippen LogP contribution in [0.15, 0.2) is 28.8 Å². The van der Waals surface area contributed by atoms with E-state index in [1.165, 1.54) is 6.07 Å². The molecule has 1 N–H and O–H groups in total.